The summed E-state index contributed by atoms with van der Waals surface area (Å²) >= 11 is 0. The molecular weight excluding hydrogens is 414 g/mol. The summed E-state index contributed by atoms with van der Waals surface area (Å²) in [5.74, 6) is -1.09. The first-order valence-corrected chi connectivity index (χ1v) is 10.1. The molecule has 0 saturated carbocycles. The van der Waals surface area contributed by atoms with Gasteiger partial charge in [-0.3, -0.25) is 4.79 Å². The molecule has 1 aromatic heterocycles. The van der Waals surface area contributed by atoms with Gasteiger partial charge in [0, 0.05) is 11.3 Å². The number of para-hydroxylation sites is 1. The van der Waals surface area contributed by atoms with Gasteiger partial charge < -0.3 is 23.9 Å². The van der Waals surface area contributed by atoms with Gasteiger partial charge in [0.25, 0.3) is 5.91 Å². The number of rotatable bonds is 9. The monoisotopic (exact) mass is 437 g/mol. The first-order valence-electron chi connectivity index (χ1n) is 10.1. The third-order valence-electron chi connectivity index (χ3n) is 4.30. The standard InChI is InChI=1S/C24H23NO7/c1-3-29-23(27)17-12-18(24(28)30-4-2)14-19(13-17)25-22(26)21-16(10-11-31-21)15-32-20-8-6-5-7-9-20/h5-14H,3-4,15H2,1-2H3,(H,25,26). The van der Waals surface area contributed by atoms with Crippen molar-refractivity contribution in [2.24, 2.45) is 0 Å². The average Bonchev–Trinajstić information content (AvgIpc) is 3.27. The van der Waals surface area contributed by atoms with Gasteiger partial charge in [0.15, 0.2) is 5.76 Å². The molecule has 0 aliphatic carbocycles. The summed E-state index contributed by atoms with van der Waals surface area (Å²) in [6.45, 7) is 3.81. The number of esters is 2. The number of anilines is 1. The molecular formula is C24H23NO7. The van der Waals surface area contributed by atoms with E-state index in [1.807, 2.05) is 18.2 Å². The molecule has 3 rings (SSSR count). The van der Waals surface area contributed by atoms with Gasteiger partial charge in [-0.25, -0.2) is 9.59 Å². The van der Waals surface area contributed by atoms with Gasteiger partial charge >= 0.3 is 11.9 Å². The Morgan fingerprint density at radius 3 is 2.09 bits per heavy atom. The summed E-state index contributed by atoms with van der Waals surface area (Å²) in [7, 11) is 0. The molecule has 0 bridgehead atoms. The lowest BCUT2D eigenvalue weighted by Gasteiger charge is -2.11. The third-order valence-corrected chi connectivity index (χ3v) is 4.30. The number of hydrogen-bond acceptors (Lipinski definition) is 7. The molecule has 8 heteroatoms. The number of carbonyl (C=O) groups excluding carboxylic acids is 3. The minimum absolute atomic E-state index is 0.0557. The predicted octanol–water partition coefficient (Wildman–Crippen LogP) is 4.46. The highest BCUT2D eigenvalue weighted by Gasteiger charge is 2.19. The van der Waals surface area contributed by atoms with Gasteiger partial charge in [-0.1, -0.05) is 18.2 Å². The van der Waals surface area contributed by atoms with E-state index in [2.05, 4.69) is 5.32 Å². The summed E-state index contributed by atoms with van der Waals surface area (Å²) < 4.78 is 21.0. The Bertz CT molecular complexity index is 1050. The number of ether oxygens (including phenoxy) is 3. The quantitative estimate of drug-likeness (QED) is 0.493. The third kappa shape index (κ3) is 5.75. The lowest BCUT2D eigenvalue weighted by molar-refractivity contribution is 0.0525. The molecule has 8 nitrogen and oxygen atoms in total. The summed E-state index contributed by atoms with van der Waals surface area (Å²) in [5.41, 5.74) is 0.980. The molecule has 0 saturated heterocycles. The highest BCUT2D eigenvalue weighted by Crippen LogP contribution is 2.21. The van der Waals surface area contributed by atoms with Crippen molar-refractivity contribution in [2.45, 2.75) is 20.5 Å². The topological polar surface area (TPSA) is 104 Å². The molecule has 2 aromatic carbocycles. The SMILES string of the molecule is CCOC(=O)c1cc(NC(=O)c2occc2COc2ccccc2)cc(C(=O)OCC)c1. The van der Waals surface area contributed by atoms with Crippen LogP contribution in [0.2, 0.25) is 0 Å². The second-order valence-corrected chi connectivity index (χ2v) is 6.57. The summed E-state index contributed by atoms with van der Waals surface area (Å²) in [5, 5.41) is 2.65. The fraction of sp³-hybridized carbons (Fsp3) is 0.208. The Kier molecular flexibility index (Phi) is 7.64. The van der Waals surface area contributed by atoms with Crippen LogP contribution >= 0.6 is 0 Å². The highest BCUT2D eigenvalue weighted by molar-refractivity contribution is 6.05. The summed E-state index contributed by atoms with van der Waals surface area (Å²) in [6, 6.07) is 15.0. The van der Waals surface area contributed by atoms with Crippen LogP contribution in [-0.4, -0.2) is 31.1 Å². The summed E-state index contributed by atoms with van der Waals surface area (Å²) in [4.78, 5) is 37.2. The Balaban J connectivity index is 1.80. The van der Waals surface area contributed by atoms with E-state index < -0.39 is 17.8 Å². The first-order chi connectivity index (χ1) is 15.5. The van der Waals surface area contributed by atoms with Gasteiger partial charge in [0.2, 0.25) is 0 Å². The highest BCUT2D eigenvalue weighted by atomic mass is 16.5. The zero-order chi connectivity index (χ0) is 22.9. The van der Waals surface area contributed by atoms with Crippen molar-refractivity contribution in [3.8, 4) is 5.75 Å². The molecule has 0 unspecified atom stereocenters. The zero-order valence-electron chi connectivity index (χ0n) is 17.8. The van der Waals surface area contributed by atoms with Crippen LogP contribution < -0.4 is 10.1 Å². The van der Waals surface area contributed by atoms with E-state index in [0.29, 0.717) is 11.3 Å². The maximum absolute atomic E-state index is 12.8. The largest absolute Gasteiger partial charge is 0.489 e. The van der Waals surface area contributed by atoms with E-state index in [1.54, 1.807) is 32.0 Å². The Hall–Kier alpha value is -4.07. The van der Waals surface area contributed by atoms with Crippen molar-refractivity contribution in [3.63, 3.8) is 0 Å². The fourth-order valence-corrected chi connectivity index (χ4v) is 2.88. The number of hydrogen-bond donors (Lipinski definition) is 1. The second kappa shape index (κ2) is 10.8. The summed E-state index contributed by atoms with van der Waals surface area (Å²) in [6.07, 6.45) is 1.39. The fourth-order valence-electron chi connectivity index (χ4n) is 2.88. The Morgan fingerprint density at radius 1 is 0.875 bits per heavy atom. The number of amides is 1. The Labute approximate surface area is 185 Å². The molecule has 32 heavy (non-hydrogen) atoms. The minimum Gasteiger partial charge on any atom is -0.489 e. The van der Waals surface area contributed by atoms with Crippen LogP contribution in [0.4, 0.5) is 5.69 Å². The van der Waals surface area contributed by atoms with Crippen LogP contribution in [0, 0.1) is 0 Å². The molecule has 1 N–H and O–H groups in total. The van der Waals surface area contributed by atoms with Gasteiger partial charge in [0.05, 0.1) is 30.6 Å². The second-order valence-electron chi connectivity index (χ2n) is 6.57. The van der Waals surface area contributed by atoms with Crippen LogP contribution in [0.1, 0.15) is 50.7 Å². The maximum atomic E-state index is 12.8. The van der Waals surface area contributed by atoms with Crippen LogP contribution in [0.15, 0.2) is 65.3 Å². The van der Waals surface area contributed by atoms with Crippen molar-refractivity contribution >= 4 is 23.5 Å². The van der Waals surface area contributed by atoms with Crippen LogP contribution in [0.5, 0.6) is 5.75 Å². The van der Waals surface area contributed by atoms with Crippen LogP contribution in [0.25, 0.3) is 0 Å². The molecule has 166 valence electrons. The zero-order valence-corrected chi connectivity index (χ0v) is 17.8. The van der Waals surface area contributed by atoms with E-state index in [0.717, 1.165) is 0 Å². The van der Waals surface area contributed by atoms with E-state index in [4.69, 9.17) is 18.6 Å². The molecule has 0 fully saturated rings. The van der Waals surface area contributed by atoms with Gasteiger partial charge in [-0.05, 0) is 50.2 Å². The smallest absolute Gasteiger partial charge is 0.338 e. The molecule has 0 atom stereocenters. The van der Waals surface area contributed by atoms with E-state index in [-0.39, 0.29) is 42.4 Å². The molecule has 0 radical (unpaired) electrons. The van der Waals surface area contributed by atoms with Gasteiger partial charge in [-0.15, -0.1) is 0 Å². The molecule has 0 aliphatic heterocycles. The lowest BCUT2D eigenvalue weighted by atomic mass is 10.1. The van der Waals surface area contributed by atoms with Crippen molar-refractivity contribution in [3.05, 3.63) is 83.3 Å². The number of carbonyl (C=O) groups is 3. The molecule has 1 heterocycles. The molecule has 3 aromatic rings. The van der Waals surface area contributed by atoms with Crippen molar-refractivity contribution < 1.29 is 33.0 Å². The van der Waals surface area contributed by atoms with E-state index in [1.165, 1.54) is 24.5 Å². The maximum Gasteiger partial charge on any atom is 0.338 e. The van der Waals surface area contributed by atoms with Crippen molar-refractivity contribution in [2.75, 3.05) is 18.5 Å². The van der Waals surface area contributed by atoms with Crippen LogP contribution in [-0.2, 0) is 16.1 Å². The van der Waals surface area contributed by atoms with Crippen molar-refractivity contribution in [1.29, 1.82) is 0 Å². The number of benzene rings is 2. The van der Waals surface area contributed by atoms with E-state index in [9.17, 15) is 14.4 Å². The molecule has 0 aliphatic rings. The normalized spacial score (nSPS) is 10.3. The predicted molar refractivity (Wildman–Crippen MR) is 116 cm³/mol. The van der Waals surface area contributed by atoms with Crippen LogP contribution in [0.3, 0.4) is 0 Å². The number of furan rings is 1. The van der Waals surface area contributed by atoms with Gasteiger partial charge in [-0.2, -0.15) is 0 Å². The van der Waals surface area contributed by atoms with Crippen molar-refractivity contribution in [1.82, 2.24) is 0 Å². The van der Waals surface area contributed by atoms with E-state index >= 15 is 0 Å². The Morgan fingerprint density at radius 2 is 1.50 bits per heavy atom. The first kappa shape index (κ1) is 22.6. The lowest BCUT2D eigenvalue weighted by Crippen LogP contribution is -2.16. The minimum atomic E-state index is -0.621. The molecule has 1 amide bonds. The average molecular weight is 437 g/mol. The van der Waals surface area contributed by atoms with Gasteiger partial charge in [0.1, 0.15) is 12.4 Å². The molecule has 0 spiro atoms. The number of nitrogens with one attached hydrogen (secondary N) is 1.